The summed E-state index contributed by atoms with van der Waals surface area (Å²) in [5, 5.41) is 2.71. The zero-order valence-electron chi connectivity index (χ0n) is 9.04. The summed E-state index contributed by atoms with van der Waals surface area (Å²) in [7, 11) is 0. The number of hydrogen-bond acceptors (Lipinski definition) is 3. The monoisotopic (exact) mass is 208 g/mol. The fourth-order valence-corrected chi connectivity index (χ4v) is 1.30. The molecule has 3 N–H and O–H groups in total. The molecule has 0 fully saturated rings. The molecule has 0 saturated carbocycles. The molecule has 0 atom stereocenters. The number of anilines is 1. The summed E-state index contributed by atoms with van der Waals surface area (Å²) in [5.74, 6) is 0.511. The molecule has 0 aliphatic carbocycles. The van der Waals surface area contributed by atoms with E-state index >= 15 is 0 Å². The van der Waals surface area contributed by atoms with Gasteiger partial charge in [-0.3, -0.25) is 4.79 Å². The van der Waals surface area contributed by atoms with Crippen molar-refractivity contribution < 1.29 is 9.53 Å². The number of nitrogen functional groups attached to an aromatic ring is 1. The molecule has 4 nitrogen and oxygen atoms in total. The Morgan fingerprint density at radius 1 is 1.40 bits per heavy atom. The number of para-hydroxylation sites is 1. The number of benzene rings is 1. The van der Waals surface area contributed by atoms with Gasteiger partial charge in [0.25, 0.3) is 5.91 Å². The average Bonchev–Trinajstić information content (AvgIpc) is 2.45. The first-order valence-electron chi connectivity index (χ1n) is 5.04. The maximum absolute atomic E-state index is 11.0. The summed E-state index contributed by atoms with van der Waals surface area (Å²) in [5.41, 5.74) is 7.19. The van der Waals surface area contributed by atoms with Crippen LogP contribution in [0.3, 0.4) is 0 Å². The highest BCUT2D eigenvalue weighted by molar-refractivity contribution is 5.79. The van der Waals surface area contributed by atoms with Gasteiger partial charge in [0.05, 0.1) is 5.69 Å². The van der Waals surface area contributed by atoms with Gasteiger partial charge in [0.15, 0.2) is 6.61 Å². The van der Waals surface area contributed by atoms with E-state index in [-0.39, 0.29) is 12.5 Å². The number of nitrogens with one attached hydrogen (secondary N) is 1. The second-order valence-electron chi connectivity index (χ2n) is 2.90. The molecule has 0 radical (unpaired) electrons. The quantitative estimate of drug-likeness (QED) is 0.632. The van der Waals surface area contributed by atoms with Crippen molar-refractivity contribution in [3.63, 3.8) is 0 Å². The lowest BCUT2D eigenvalue weighted by Crippen LogP contribution is -2.25. The number of hydrogen-bond donors (Lipinski definition) is 2. The van der Waals surface area contributed by atoms with E-state index in [9.17, 15) is 4.79 Å². The Morgan fingerprint density at radius 2 is 2.13 bits per heavy atom. The normalized spacial score (nSPS) is 13.6. The molecule has 0 saturated heterocycles. The molecule has 2 rings (SSSR count). The molecule has 1 aliphatic rings. The standard InChI is InChI=1S/C9H10N2O2.C2H6/c10-7-3-1-2-6-4-11-8(12)5-13-9(6)7;1-2/h1-3H,4-5,10H2,(H,11,12);1-2H3. The molecule has 1 amide bonds. The van der Waals surface area contributed by atoms with Gasteiger partial charge in [-0.05, 0) is 6.07 Å². The third-order valence-electron chi connectivity index (χ3n) is 1.95. The zero-order chi connectivity index (χ0) is 11.3. The van der Waals surface area contributed by atoms with Crippen LogP contribution in [0.15, 0.2) is 18.2 Å². The van der Waals surface area contributed by atoms with E-state index in [4.69, 9.17) is 10.5 Å². The molecule has 4 heteroatoms. The Labute approximate surface area is 89.4 Å². The molecule has 1 aromatic carbocycles. The first-order valence-corrected chi connectivity index (χ1v) is 5.04. The summed E-state index contributed by atoms with van der Waals surface area (Å²) in [4.78, 5) is 11.0. The molecule has 0 spiro atoms. The van der Waals surface area contributed by atoms with Gasteiger partial charge in [0, 0.05) is 12.1 Å². The van der Waals surface area contributed by atoms with Crippen LogP contribution >= 0.6 is 0 Å². The van der Waals surface area contributed by atoms with E-state index in [0.717, 1.165) is 5.56 Å². The number of carbonyl (C=O) groups excluding carboxylic acids is 1. The van der Waals surface area contributed by atoms with E-state index in [1.165, 1.54) is 0 Å². The Bertz CT molecular complexity index is 350. The maximum Gasteiger partial charge on any atom is 0.258 e. The van der Waals surface area contributed by atoms with E-state index in [1.807, 2.05) is 26.0 Å². The molecule has 0 unspecified atom stereocenters. The van der Waals surface area contributed by atoms with E-state index in [1.54, 1.807) is 6.07 Å². The lowest BCUT2D eigenvalue weighted by atomic mass is 10.2. The predicted octanol–water partition coefficient (Wildman–Crippen LogP) is 1.30. The predicted molar refractivity (Wildman–Crippen MR) is 59.5 cm³/mol. The molecule has 1 aliphatic heterocycles. The number of fused-ring (bicyclic) bond motifs is 1. The highest BCUT2D eigenvalue weighted by atomic mass is 16.5. The van der Waals surface area contributed by atoms with Crippen LogP contribution in [-0.4, -0.2) is 12.5 Å². The Kier molecular flexibility index (Phi) is 3.97. The van der Waals surface area contributed by atoms with Gasteiger partial charge in [-0.1, -0.05) is 26.0 Å². The van der Waals surface area contributed by atoms with Gasteiger partial charge >= 0.3 is 0 Å². The van der Waals surface area contributed by atoms with Gasteiger partial charge in [-0.25, -0.2) is 0 Å². The van der Waals surface area contributed by atoms with Crippen LogP contribution in [0.5, 0.6) is 5.75 Å². The number of amides is 1. The number of ether oxygens (including phenoxy) is 1. The third-order valence-corrected chi connectivity index (χ3v) is 1.95. The average molecular weight is 208 g/mol. The third kappa shape index (κ3) is 2.62. The van der Waals surface area contributed by atoms with Crippen LogP contribution in [0.4, 0.5) is 5.69 Å². The summed E-state index contributed by atoms with van der Waals surface area (Å²) < 4.78 is 5.25. The van der Waals surface area contributed by atoms with E-state index in [0.29, 0.717) is 18.0 Å². The number of nitrogens with two attached hydrogens (primary N) is 1. The summed E-state index contributed by atoms with van der Waals surface area (Å²) in [6, 6.07) is 5.49. The summed E-state index contributed by atoms with van der Waals surface area (Å²) in [6.45, 7) is 4.53. The van der Waals surface area contributed by atoms with Crippen molar-refractivity contribution in [1.29, 1.82) is 0 Å². The summed E-state index contributed by atoms with van der Waals surface area (Å²) >= 11 is 0. The van der Waals surface area contributed by atoms with Crippen LogP contribution in [0, 0.1) is 0 Å². The summed E-state index contributed by atoms with van der Waals surface area (Å²) in [6.07, 6.45) is 0. The minimum Gasteiger partial charge on any atom is -0.481 e. The molecule has 82 valence electrons. The Hall–Kier alpha value is -1.71. The van der Waals surface area contributed by atoms with Crippen LogP contribution < -0.4 is 15.8 Å². The minimum atomic E-state index is -0.115. The fraction of sp³-hybridized carbons (Fsp3) is 0.364. The largest absolute Gasteiger partial charge is 0.481 e. The second kappa shape index (κ2) is 5.24. The van der Waals surface area contributed by atoms with Crippen molar-refractivity contribution in [1.82, 2.24) is 5.32 Å². The molecular formula is C11H16N2O2. The smallest absolute Gasteiger partial charge is 0.258 e. The van der Waals surface area contributed by atoms with Crippen molar-refractivity contribution in [3.05, 3.63) is 23.8 Å². The fourth-order valence-electron chi connectivity index (χ4n) is 1.30. The lowest BCUT2D eigenvalue weighted by Gasteiger charge is -2.07. The zero-order valence-corrected chi connectivity index (χ0v) is 9.04. The lowest BCUT2D eigenvalue weighted by molar-refractivity contribution is -0.122. The van der Waals surface area contributed by atoms with Gasteiger partial charge in [0.2, 0.25) is 0 Å². The molecule has 0 bridgehead atoms. The van der Waals surface area contributed by atoms with Crippen LogP contribution in [0.25, 0.3) is 0 Å². The minimum absolute atomic E-state index is 0.0429. The second-order valence-corrected chi connectivity index (χ2v) is 2.90. The van der Waals surface area contributed by atoms with Crippen molar-refractivity contribution in [3.8, 4) is 5.75 Å². The van der Waals surface area contributed by atoms with Crippen LogP contribution in [-0.2, 0) is 11.3 Å². The molecular weight excluding hydrogens is 192 g/mol. The number of carbonyl (C=O) groups is 1. The highest BCUT2D eigenvalue weighted by Gasteiger charge is 2.14. The van der Waals surface area contributed by atoms with Crippen LogP contribution in [0.1, 0.15) is 19.4 Å². The number of rotatable bonds is 0. The Morgan fingerprint density at radius 3 is 2.87 bits per heavy atom. The van der Waals surface area contributed by atoms with Crippen molar-refractivity contribution in [2.75, 3.05) is 12.3 Å². The SMILES string of the molecule is CC.Nc1cccc2c1OCC(=O)NC2. The first kappa shape index (κ1) is 11.4. The van der Waals surface area contributed by atoms with Crippen molar-refractivity contribution >= 4 is 11.6 Å². The van der Waals surface area contributed by atoms with Crippen molar-refractivity contribution in [2.45, 2.75) is 20.4 Å². The van der Waals surface area contributed by atoms with Gasteiger partial charge in [-0.15, -0.1) is 0 Å². The highest BCUT2D eigenvalue weighted by Crippen LogP contribution is 2.27. The van der Waals surface area contributed by atoms with Crippen LogP contribution in [0.2, 0.25) is 0 Å². The van der Waals surface area contributed by atoms with E-state index in [2.05, 4.69) is 5.32 Å². The molecule has 0 aromatic heterocycles. The molecule has 15 heavy (non-hydrogen) atoms. The van der Waals surface area contributed by atoms with Crippen molar-refractivity contribution in [2.24, 2.45) is 0 Å². The van der Waals surface area contributed by atoms with Gasteiger partial charge in [-0.2, -0.15) is 0 Å². The van der Waals surface area contributed by atoms with E-state index < -0.39 is 0 Å². The maximum atomic E-state index is 11.0. The van der Waals surface area contributed by atoms with Gasteiger partial charge in [0.1, 0.15) is 5.75 Å². The van der Waals surface area contributed by atoms with Gasteiger partial charge < -0.3 is 15.8 Å². The Balaban J connectivity index is 0.000000531. The first-order chi connectivity index (χ1) is 7.27. The topological polar surface area (TPSA) is 64.3 Å². The molecule has 1 aromatic rings. The molecule has 1 heterocycles.